The molecular weight excluding hydrogens is 366 g/mol. The molecule has 2 amide bonds. The number of nitrogens with zero attached hydrogens (tertiary/aromatic N) is 1. The van der Waals surface area contributed by atoms with E-state index in [4.69, 9.17) is 4.74 Å². The van der Waals surface area contributed by atoms with Crippen molar-refractivity contribution in [2.45, 2.75) is 71.6 Å². The molecule has 160 valence electrons. The normalized spacial score (nSPS) is 24.9. The number of benzene rings is 1. The Morgan fingerprint density at radius 3 is 2.62 bits per heavy atom. The molecule has 29 heavy (non-hydrogen) atoms. The molecule has 1 aromatic carbocycles. The van der Waals surface area contributed by atoms with Crippen LogP contribution in [0.5, 0.6) is 5.75 Å². The van der Waals surface area contributed by atoms with Gasteiger partial charge >= 0.3 is 0 Å². The van der Waals surface area contributed by atoms with Gasteiger partial charge in [0, 0.05) is 13.0 Å². The highest BCUT2D eigenvalue weighted by Gasteiger charge is 2.37. The number of hydrogen-bond acceptors (Lipinski definition) is 3. The van der Waals surface area contributed by atoms with Gasteiger partial charge < -0.3 is 15.0 Å². The van der Waals surface area contributed by atoms with Crippen molar-refractivity contribution in [2.24, 2.45) is 5.92 Å². The van der Waals surface area contributed by atoms with Crippen molar-refractivity contribution in [3.8, 4) is 5.75 Å². The predicted molar refractivity (Wildman–Crippen MR) is 114 cm³/mol. The Bertz CT molecular complexity index is 711. The Hall–Kier alpha value is -2.08. The molecule has 2 N–H and O–H groups in total. The van der Waals surface area contributed by atoms with Crippen LogP contribution in [0.3, 0.4) is 0 Å². The molecule has 0 saturated carbocycles. The summed E-state index contributed by atoms with van der Waals surface area (Å²) in [6.07, 6.45) is 4.32. The van der Waals surface area contributed by atoms with Crippen LogP contribution in [-0.4, -0.2) is 49.6 Å². The number of fused-ring (bicyclic) bond motifs is 1. The average molecular weight is 403 g/mol. The summed E-state index contributed by atoms with van der Waals surface area (Å²) in [4.78, 5) is 28.7. The van der Waals surface area contributed by atoms with E-state index in [9.17, 15) is 9.59 Å². The maximum Gasteiger partial charge on any atom is 0.268 e. The van der Waals surface area contributed by atoms with E-state index < -0.39 is 6.10 Å². The molecule has 6 heteroatoms. The summed E-state index contributed by atoms with van der Waals surface area (Å²) in [6.45, 7) is 10.3. The van der Waals surface area contributed by atoms with E-state index in [2.05, 4.69) is 19.2 Å². The first-order valence-corrected chi connectivity index (χ1v) is 11.1. The highest BCUT2D eigenvalue weighted by molar-refractivity contribution is 6.03. The Balaban J connectivity index is 1.53. The van der Waals surface area contributed by atoms with Gasteiger partial charge in [0.25, 0.3) is 5.91 Å². The number of amides is 2. The van der Waals surface area contributed by atoms with Crippen molar-refractivity contribution in [1.29, 1.82) is 0 Å². The Labute approximate surface area is 174 Å². The van der Waals surface area contributed by atoms with Gasteiger partial charge in [-0.15, -0.1) is 0 Å². The smallest absolute Gasteiger partial charge is 0.268 e. The number of carbonyl (C=O) groups excluding carboxylic acids is 2. The second kappa shape index (κ2) is 9.61. The molecule has 2 aliphatic heterocycles. The molecule has 2 aliphatic rings. The molecule has 3 atom stereocenters. The molecule has 2 heterocycles. The monoisotopic (exact) mass is 402 g/mol. The fourth-order valence-corrected chi connectivity index (χ4v) is 4.62. The average Bonchev–Trinajstić information content (AvgIpc) is 2.68. The zero-order valence-electron chi connectivity index (χ0n) is 18.2. The summed E-state index contributed by atoms with van der Waals surface area (Å²) in [7, 11) is 0. The van der Waals surface area contributed by atoms with Crippen LogP contribution >= 0.6 is 0 Å². The quantitative estimate of drug-likeness (QED) is 0.684. The number of likely N-dealkylation sites (tertiary alicyclic amines) is 1. The van der Waals surface area contributed by atoms with Crippen molar-refractivity contribution in [3.05, 3.63) is 24.3 Å². The minimum Gasteiger partial charge on any atom is -0.478 e. The number of ether oxygens (including phenoxy) is 1. The van der Waals surface area contributed by atoms with Crippen LogP contribution in [0.1, 0.15) is 53.4 Å². The van der Waals surface area contributed by atoms with Crippen LogP contribution in [0.4, 0.5) is 5.69 Å². The molecule has 6 nitrogen and oxygen atoms in total. The molecule has 1 aromatic rings. The molecule has 1 fully saturated rings. The van der Waals surface area contributed by atoms with Crippen LogP contribution in [0.15, 0.2) is 24.3 Å². The number of piperidine rings is 1. The van der Waals surface area contributed by atoms with E-state index in [1.54, 1.807) is 9.80 Å². The zero-order valence-corrected chi connectivity index (χ0v) is 18.2. The number of hydrogen-bond donors (Lipinski definition) is 2. The number of anilines is 1. The molecule has 0 aromatic heterocycles. The van der Waals surface area contributed by atoms with Crippen LogP contribution in [-0.2, 0) is 9.59 Å². The van der Waals surface area contributed by atoms with Crippen LogP contribution in [0.25, 0.3) is 0 Å². The second-order valence-corrected chi connectivity index (χ2v) is 8.94. The second-order valence-electron chi connectivity index (χ2n) is 8.94. The molecule has 1 saturated heterocycles. The van der Waals surface area contributed by atoms with Gasteiger partial charge in [-0.2, -0.15) is 0 Å². The largest absolute Gasteiger partial charge is 0.478 e. The molecule has 0 bridgehead atoms. The maximum atomic E-state index is 12.9. The lowest BCUT2D eigenvalue weighted by molar-refractivity contribution is -0.951. The molecule has 0 radical (unpaired) electrons. The first-order chi connectivity index (χ1) is 13.9. The van der Waals surface area contributed by atoms with Gasteiger partial charge in [-0.3, -0.25) is 14.5 Å². The first-order valence-electron chi connectivity index (χ1n) is 11.1. The van der Waals surface area contributed by atoms with Gasteiger partial charge in [-0.05, 0) is 51.2 Å². The van der Waals surface area contributed by atoms with Gasteiger partial charge in [0.2, 0.25) is 5.91 Å². The third kappa shape index (κ3) is 5.10. The molecule has 0 spiro atoms. The van der Waals surface area contributed by atoms with E-state index in [1.165, 1.54) is 19.3 Å². The molecule has 0 aliphatic carbocycles. The van der Waals surface area contributed by atoms with Crippen molar-refractivity contribution in [2.75, 3.05) is 24.5 Å². The van der Waals surface area contributed by atoms with E-state index in [0.29, 0.717) is 30.1 Å². The van der Waals surface area contributed by atoms with E-state index in [-0.39, 0.29) is 24.3 Å². The van der Waals surface area contributed by atoms with Gasteiger partial charge in [-0.1, -0.05) is 26.0 Å². The van der Waals surface area contributed by atoms with Crippen LogP contribution < -0.4 is 19.9 Å². The number of carbonyl (C=O) groups is 2. The highest BCUT2D eigenvalue weighted by atomic mass is 16.5. The summed E-state index contributed by atoms with van der Waals surface area (Å²) >= 11 is 0. The van der Waals surface area contributed by atoms with Crippen molar-refractivity contribution in [3.63, 3.8) is 0 Å². The molecule has 0 unspecified atom stereocenters. The van der Waals surface area contributed by atoms with Gasteiger partial charge in [0.05, 0.1) is 24.3 Å². The summed E-state index contributed by atoms with van der Waals surface area (Å²) in [5.41, 5.74) is 0.671. The topological polar surface area (TPSA) is 63.1 Å². The summed E-state index contributed by atoms with van der Waals surface area (Å²) in [5.74, 6) is 0.440. The van der Waals surface area contributed by atoms with Crippen LogP contribution in [0.2, 0.25) is 0 Å². The SMILES string of the molecule is CC(C)[C@H]1Oc2ccccc2N(CC(=O)NCCC[NH+]2[C@@H](C)CCC[C@@H]2C)C1=O. The lowest BCUT2D eigenvalue weighted by Gasteiger charge is -2.36. The predicted octanol–water partition coefficient (Wildman–Crippen LogP) is 1.79. The Morgan fingerprint density at radius 1 is 1.24 bits per heavy atom. The molecule has 3 rings (SSSR count). The van der Waals surface area contributed by atoms with Gasteiger partial charge in [0.15, 0.2) is 6.10 Å². The van der Waals surface area contributed by atoms with Crippen molar-refractivity contribution >= 4 is 17.5 Å². The van der Waals surface area contributed by atoms with Gasteiger partial charge in [0.1, 0.15) is 12.3 Å². The zero-order chi connectivity index (χ0) is 21.0. The van der Waals surface area contributed by atoms with Crippen molar-refractivity contribution in [1.82, 2.24) is 5.32 Å². The Kier molecular flexibility index (Phi) is 7.17. The summed E-state index contributed by atoms with van der Waals surface area (Å²) in [6, 6.07) is 8.83. The number of quaternary nitrogens is 1. The Morgan fingerprint density at radius 2 is 1.93 bits per heavy atom. The fourth-order valence-electron chi connectivity index (χ4n) is 4.62. The number of para-hydroxylation sites is 2. The first kappa shape index (κ1) is 21.6. The lowest BCUT2D eigenvalue weighted by atomic mass is 9.97. The minimum atomic E-state index is -0.552. The summed E-state index contributed by atoms with van der Waals surface area (Å²) < 4.78 is 5.88. The number of rotatable bonds is 7. The van der Waals surface area contributed by atoms with Crippen molar-refractivity contribution < 1.29 is 19.2 Å². The lowest BCUT2D eigenvalue weighted by Crippen LogP contribution is -3.19. The highest BCUT2D eigenvalue weighted by Crippen LogP contribution is 2.35. The summed E-state index contributed by atoms with van der Waals surface area (Å²) in [5, 5.41) is 3.01. The fraction of sp³-hybridized carbons (Fsp3) is 0.652. The third-order valence-electron chi connectivity index (χ3n) is 6.33. The van der Waals surface area contributed by atoms with E-state index in [0.717, 1.165) is 13.0 Å². The third-order valence-corrected chi connectivity index (χ3v) is 6.33. The maximum absolute atomic E-state index is 12.9. The van der Waals surface area contributed by atoms with Gasteiger partial charge in [-0.25, -0.2) is 0 Å². The number of nitrogens with one attached hydrogen (secondary N) is 2. The standard InChI is InChI=1S/C23H35N3O3/c1-16(2)22-23(28)26(19-11-5-6-12-20(19)29-22)15-21(27)24-13-8-14-25-17(3)9-7-10-18(25)4/h5-6,11-12,16-18,22H,7-10,13-15H2,1-4H3,(H,24,27)/p+1/t17-,18-,22+/m0/s1. The minimum absolute atomic E-state index is 0.0335. The van der Waals surface area contributed by atoms with Crippen LogP contribution in [0, 0.1) is 5.92 Å². The van der Waals surface area contributed by atoms with E-state index >= 15 is 0 Å². The molecular formula is C23H36N3O3+. The van der Waals surface area contributed by atoms with E-state index in [1.807, 2.05) is 38.1 Å².